The van der Waals surface area contributed by atoms with Crippen LogP contribution in [0.2, 0.25) is 5.02 Å². The first-order valence-electron chi connectivity index (χ1n) is 12.8. The highest BCUT2D eigenvalue weighted by Crippen LogP contribution is 2.43. The van der Waals surface area contributed by atoms with Gasteiger partial charge in [-0.05, 0) is 56.2 Å². The van der Waals surface area contributed by atoms with Gasteiger partial charge in [-0.15, -0.1) is 0 Å². The summed E-state index contributed by atoms with van der Waals surface area (Å²) in [4.78, 5) is 13.8. The molecule has 0 aromatic heterocycles. The average molecular weight is 555 g/mol. The molecule has 0 spiro atoms. The predicted octanol–water partition coefficient (Wildman–Crippen LogP) is 5.80. The Hall–Kier alpha value is -3.23. The van der Waals surface area contributed by atoms with E-state index < -0.39 is 27.6 Å². The van der Waals surface area contributed by atoms with Gasteiger partial charge in [0.2, 0.25) is 0 Å². The van der Waals surface area contributed by atoms with Gasteiger partial charge >= 0.3 is 0 Å². The van der Waals surface area contributed by atoms with Gasteiger partial charge in [0.1, 0.15) is 17.1 Å². The number of rotatable bonds is 6. The Morgan fingerprint density at radius 2 is 1.76 bits per heavy atom. The fourth-order valence-corrected chi connectivity index (χ4v) is 6.75. The van der Waals surface area contributed by atoms with Crippen molar-refractivity contribution >= 4 is 33.2 Å². The zero-order valence-electron chi connectivity index (χ0n) is 21.6. The van der Waals surface area contributed by atoms with Gasteiger partial charge in [0.15, 0.2) is 6.10 Å². The van der Waals surface area contributed by atoms with Gasteiger partial charge in [-0.2, -0.15) is 0 Å². The summed E-state index contributed by atoms with van der Waals surface area (Å²) >= 11 is 6.22. The van der Waals surface area contributed by atoms with Crippen molar-refractivity contribution in [2.24, 2.45) is 0 Å². The number of nitrogens with one attached hydrogen (secondary N) is 1. The van der Waals surface area contributed by atoms with Gasteiger partial charge in [-0.3, -0.25) is 9.10 Å². The maximum atomic E-state index is 13.7. The first kappa shape index (κ1) is 26.4. The van der Waals surface area contributed by atoms with Crippen LogP contribution in [0.1, 0.15) is 50.3 Å². The largest absolute Gasteiger partial charge is 0.487 e. The lowest BCUT2D eigenvalue weighted by Gasteiger charge is -2.42. The van der Waals surface area contributed by atoms with Crippen LogP contribution < -0.4 is 19.1 Å². The summed E-state index contributed by atoms with van der Waals surface area (Å²) in [5, 5.41) is 3.51. The Morgan fingerprint density at radius 3 is 2.47 bits per heavy atom. The number of halogens is 1. The summed E-state index contributed by atoms with van der Waals surface area (Å²) in [5.41, 5.74) is 1.74. The van der Waals surface area contributed by atoms with E-state index in [2.05, 4.69) is 19.2 Å². The van der Waals surface area contributed by atoms with E-state index in [-0.39, 0.29) is 23.2 Å². The molecule has 0 bridgehead atoms. The smallest absolute Gasteiger partial charge is 0.264 e. The van der Waals surface area contributed by atoms with Crippen molar-refractivity contribution < 1.29 is 22.7 Å². The Kier molecular flexibility index (Phi) is 7.05. The predicted molar refractivity (Wildman–Crippen MR) is 147 cm³/mol. The molecule has 7 nitrogen and oxygen atoms in total. The normalized spacial score (nSPS) is 19.9. The van der Waals surface area contributed by atoms with Crippen molar-refractivity contribution in [1.82, 2.24) is 5.32 Å². The van der Waals surface area contributed by atoms with Crippen LogP contribution >= 0.6 is 11.6 Å². The van der Waals surface area contributed by atoms with Crippen LogP contribution in [-0.4, -0.2) is 32.6 Å². The zero-order chi connectivity index (χ0) is 27.1. The van der Waals surface area contributed by atoms with Crippen molar-refractivity contribution in [2.45, 2.75) is 62.7 Å². The number of amides is 1. The molecule has 9 heteroatoms. The molecule has 0 radical (unpaired) electrons. The molecule has 0 aliphatic carbocycles. The summed E-state index contributed by atoms with van der Waals surface area (Å²) < 4.78 is 41.1. The Balaban J connectivity index is 1.47. The molecule has 2 aliphatic rings. The lowest BCUT2D eigenvalue weighted by molar-refractivity contribution is -0.129. The van der Waals surface area contributed by atoms with Crippen molar-refractivity contribution in [1.29, 1.82) is 0 Å². The van der Waals surface area contributed by atoms with Crippen LogP contribution in [0.25, 0.3) is 0 Å². The van der Waals surface area contributed by atoms with E-state index >= 15 is 0 Å². The second-order valence-corrected chi connectivity index (χ2v) is 12.2. The number of carbonyl (C=O) groups is 1. The second kappa shape index (κ2) is 10.2. The van der Waals surface area contributed by atoms with Crippen LogP contribution in [0.5, 0.6) is 11.5 Å². The topological polar surface area (TPSA) is 84.9 Å². The molecule has 5 rings (SSSR count). The van der Waals surface area contributed by atoms with Crippen molar-refractivity contribution in [3.63, 3.8) is 0 Å². The number of hydrogen-bond acceptors (Lipinski definition) is 5. The number of nitrogens with zero attached hydrogens (tertiary/aromatic N) is 1. The summed E-state index contributed by atoms with van der Waals surface area (Å²) in [6, 6.07) is 18.8. The minimum atomic E-state index is -3.99. The SMILES string of the molecule is CCC1(CC)CC(NC(=O)C2CN(S(=O)(=O)c3ccc(C)cc3)c3cc(Cl)ccc3O2)c2ccccc2O1. The fourth-order valence-electron chi connectivity index (χ4n) is 5.12. The lowest BCUT2D eigenvalue weighted by atomic mass is 9.83. The number of fused-ring (bicyclic) bond motifs is 2. The molecule has 2 heterocycles. The summed E-state index contributed by atoms with van der Waals surface area (Å²) in [6.07, 6.45) is 1.13. The standard InChI is InChI=1S/C29H31ClN2O5S/c1-4-29(5-2)17-23(22-8-6-7-9-25(22)37-29)31-28(33)27-18-32(24-16-20(30)12-15-26(24)36-27)38(34,35)21-13-10-19(3)11-14-21/h6-16,23,27H,4-5,17-18H2,1-3H3,(H,31,33). The first-order chi connectivity index (χ1) is 18.2. The highest BCUT2D eigenvalue weighted by molar-refractivity contribution is 7.92. The Labute approximate surface area is 228 Å². The monoisotopic (exact) mass is 554 g/mol. The Morgan fingerprint density at radius 1 is 1.05 bits per heavy atom. The number of ether oxygens (including phenoxy) is 2. The van der Waals surface area contributed by atoms with Crippen LogP contribution in [0, 0.1) is 6.92 Å². The maximum Gasteiger partial charge on any atom is 0.264 e. The molecule has 0 saturated carbocycles. The first-order valence-corrected chi connectivity index (χ1v) is 14.6. The molecule has 38 heavy (non-hydrogen) atoms. The molecule has 0 saturated heterocycles. The second-order valence-electron chi connectivity index (χ2n) is 9.86. The molecule has 0 fully saturated rings. The van der Waals surface area contributed by atoms with Gasteiger partial charge in [-0.25, -0.2) is 8.42 Å². The third kappa shape index (κ3) is 4.83. The highest BCUT2D eigenvalue weighted by atomic mass is 35.5. The molecule has 1 amide bonds. The molecular weight excluding hydrogens is 524 g/mol. The van der Waals surface area contributed by atoms with Crippen molar-refractivity contribution in [3.8, 4) is 11.5 Å². The summed E-state index contributed by atoms with van der Waals surface area (Å²) in [5.74, 6) is 0.638. The minimum absolute atomic E-state index is 0.129. The number of benzene rings is 3. The third-order valence-corrected chi connectivity index (χ3v) is 9.52. The minimum Gasteiger partial charge on any atom is -0.487 e. The third-order valence-electron chi connectivity index (χ3n) is 7.49. The van der Waals surface area contributed by atoms with E-state index in [0.717, 1.165) is 29.7 Å². The molecule has 3 aromatic carbocycles. The van der Waals surface area contributed by atoms with E-state index in [0.29, 0.717) is 17.1 Å². The number of sulfonamides is 1. The molecule has 3 aromatic rings. The molecule has 2 atom stereocenters. The van der Waals surface area contributed by atoms with Gasteiger partial charge < -0.3 is 14.8 Å². The lowest BCUT2D eigenvalue weighted by Crippen LogP contribution is -2.52. The highest BCUT2D eigenvalue weighted by Gasteiger charge is 2.42. The Bertz CT molecular complexity index is 1450. The van der Waals surface area contributed by atoms with Crippen LogP contribution in [0.4, 0.5) is 5.69 Å². The summed E-state index contributed by atoms with van der Waals surface area (Å²) in [6.45, 7) is 5.86. The number of para-hydroxylation sites is 1. The molecule has 2 aliphatic heterocycles. The van der Waals surface area contributed by atoms with E-state index in [4.69, 9.17) is 21.1 Å². The fraction of sp³-hybridized carbons (Fsp3) is 0.345. The molecule has 200 valence electrons. The molecule has 1 N–H and O–H groups in total. The van der Waals surface area contributed by atoms with E-state index in [9.17, 15) is 13.2 Å². The van der Waals surface area contributed by atoms with Gasteiger partial charge in [0.05, 0.1) is 23.2 Å². The quantitative estimate of drug-likeness (QED) is 0.416. The average Bonchev–Trinajstić information content (AvgIpc) is 2.92. The van der Waals surface area contributed by atoms with Gasteiger partial charge in [0, 0.05) is 17.0 Å². The number of anilines is 1. The number of carbonyl (C=O) groups excluding carboxylic acids is 1. The van der Waals surface area contributed by atoms with Gasteiger partial charge in [-0.1, -0.05) is 61.3 Å². The molecule has 2 unspecified atom stereocenters. The maximum absolute atomic E-state index is 13.7. The van der Waals surface area contributed by atoms with E-state index in [1.807, 2.05) is 31.2 Å². The number of hydrogen-bond donors (Lipinski definition) is 1. The number of aryl methyl sites for hydroxylation is 1. The van der Waals surface area contributed by atoms with E-state index in [1.54, 1.807) is 42.5 Å². The van der Waals surface area contributed by atoms with Crippen LogP contribution in [0.3, 0.4) is 0 Å². The van der Waals surface area contributed by atoms with Gasteiger partial charge in [0.25, 0.3) is 15.9 Å². The zero-order valence-corrected chi connectivity index (χ0v) is 23.2. The molecular formula is C29H31ClN2O5S. The van der Waals surface area contributed by atoms with Crippen molar-refractivity contribution in [3.05, 3.63) is 82.9 Å². The van der Waals surface area contributed by atoms with Crippen LogP contribution in [0.15, 0.2) is 71.6 Å². The van der Waals surface area contributed by atoms with E-state index in [1.165, 1.54) is 4.31 Å². The summed E-state index contributed by atoms with van der Waals surface area (Å²) in [7, 11) is -3.99. The van der Waals surface area contributed by atoms with Crippen molar-refractivity contribution in [2.75, 3.05) is 10.8 Å². The van der Waals surface area contributed by atoms with Crippen LogP contribution in [-0.2, 0) is 14.8 Å².